The smallest absolute Gasteiger partial charge is 0.331 e. The van der Waals surface area contributed by atoms with E-state index in [0.29, 0.717) is 28.2 Å². The molecule has 1 aliphatic rings. The Morgan fingerprint density at radius 3 is 2.79 bits per heavy atom. The number of ether oxygens (including phenoxy) is 3. The predicted molar refractivity (Wildman–Crippen MR) is 100 cm³/mol. The first-order chi connectivity index (χ1) is 13.6. The van der Waals surface area contributed by atoms with Crippen LogP contribution in [-0.2, 0) is 14.3 Å². The quantitative estimate of drug-likeness (QED) is 0.457. The molecule has 0 bridgehead atoms. The molecule has 1 aliphatic heterocycles. The van der Waals surface area contributed by atoms with Crippen LogP contribution in [-0.4, -0.2) is 35.2 Å². The Hall–Kier alpha value is -4.01. The van der Waals surface area contributed by atoms with Gasteiger partial charge in [0.15, 0.2) is 18.1 Å². The van der Waals surface area contributed by atoms with Crippen LogP contribution in [0.15, 0.2) is 47.3 Å². The number of nitrogens with one attached hydrogen (secondary N) is 3. The summed E-state index contributed by atoms with van der Waals surface area (Å²) in [6, 6.07) is 10.1. The molecule has 9 heteroatoms. The minimum Gasteiger partial charge on any atom is -0.454 e. The van der Waals surface area contributed by atoms with Crippen LogP contribution in [0, 0.1) is 0 Å². The van der Waals surface area contributed by atoms with Gasteiger partial charge in [-0.25, -0.2) is 9.59 Å². The average Bonchev–Trinajstić information content (AvgIpc) is 3.29. The number of anilines is 1. The molecule has 0 saturated carbocycles. The standard InChI is InChI=1S/C19H15N3O6/c23-17(20-12-3-4-13-14(8-12)22-19(25)21-13)9-26-18(24)6-2-11-1-5-15-16(7-11)28-10-27-15/h1-8H,9-10H2,(H,20,23)(H2,21,22,25)/b6-2+. The van der Waals surface area contributed by atoms with Crippen LogP contribution in [0.3, 0.4) is 0 Å². The molecule has 1 amide bonds. The first-order valence-corrected chi connectivity index (χ1v) is 8.33. The van der Waals surface area contributed by atoms with E-state index in [1.807, 2.05) is 0 Å². The maximum absolute atomic E-state index is 11.9. The largest absolute Gasteiger partial charge is 0.454 e. The summed E-state index contributed by atoms with van der Waals surface area (Å²) in [6.45, 7) is -0.265. The minimum absolute atomic E-state index is 0.173. The van der Waals surface area contributed by atoms with Gasteiger partial charge in [-0.1, -0.05) is 6.07 Å². The van der Waals surface area contributed by atoms with Crippen molar-refractivity contribution in [2.24, 2.45) is 0 Å². The van der Waals surface area contributed by atoms with Crippen LogP contribution in [0.5, 0.6) is 11.5 Å². The van der Waals surface area contributed by atoms with Crippen LogP contribution in [0.1, 0.15) is 5.56 Å². The van der Waals surface area contributed by atoms with Crippen molar-refractivity contribution < 1.29 is 23.8 Å². The van der Waals surface area contributed by atoms with Gasteiger partial charge in [0.25, 0.3) is 5.91 Å². The van der Waals surface area contributed by atoms with Gasteiger partial charge in [-0.2, -0.15) is 0 Å². The number of hydrogen-bond donors (Lipinski definition) is 3. The fourth-order valence-corrected chi connectivity index (χ4v) is 2.67. The van der Waals surface area contributed by atoms with Crippen molar-refractivity contribution in [2.45, 2.75) is 0 Å². The monoisotopic (exact) mass is 381 g/mol. The van der Waals surface area contributed by atoms with Gasteiger partial charge in [-0.15, -0.1) is 0 Å². The molecule has 0 aliphatic carbocycles. The molecule has 0 saturated heterocycles. The van der Waals surface area contributed by atoms with Crippen molar-refractivity contribution >= 4 is 34.7 Å². The van der Waals surface area contributed by atoms with Gasteiger partial charge in [-0.05, 0) is 42.0 Å². The molecule has 142 valence electrons. The molecule has 9 nitrogen and oxygen atoms in total. The highest BCUT2D eigenvalue weighted by Gasteiger charge is 2.12. The number of hydrogen-bond acceptors (Lipinski definition) is 6. The van der Waals surface area contributed by atoms with E-state index in [4.69, 9.17) is 14.2 Å². The third kappa shape index (κ3) is 3.88. The lowest BCUT2D eigenvalue weighted by atomic mass is 10.2. The Kier molecular flexibility index (Phi) is 4.55. The lowest BCUT2D eigenvalue weighted by Gasteiger charge is -2.05. The zero-order valence-electron chi connectivity index (χ0n) is 14.5. The number of aromatic nitrogens is 2. The molecule has 0 atom stereocenters. The van der Waals surface area contributed by atoms with Crippen molar-refractivity contribution in [3.8, 4) is 11.5 Å². The third-order valence-electron chi connectivity index (χ3n) is 3.95. The number of aromatic amines is 2. The van der Waals surface area contributed by atoms with Gasteiger partial charge in [0.05, 0.1) is 11.0 Å². The topological polar surface area (TPSA) is 123 Å². The van der Waals surface area contributed by atoms with Crippen LogP contribution in [0.4, 0.5) is 5.69 Å². The number of rotatable bonds is 5. The van der Waals surface area contributed by atoms with Gasteiger partial charge >= 0.3 is 11.7 Å². The lowest BCUT2D eigenvalue weighted by molar-refractivity contribution is -0.142. The number of imidazole rings is 1. The van der Waals surface area contributed by atoms with Gasteiger partial charge in [0.2, 0.25) is 6.79 Å². The number of H-pyrrole nitrogens is 2. The van der Waals surface area contributed by atoms with E-state index in [0.717, 1.165) is 5.56 Å². The number of carbonyl (C=O) groups excluding carboxylic acids is 2. The average molecular weight is 381 g/mol. The summed E-state index contributed by atoms with van der Waals surface area (Å²) in [4.78, 5) is 40.2. The van der Waals surface area contributed by atoms with Gasteiger partial charge in [-0.3, -0.25) is 4.79 Å². The summed E-state index contributed by atoms with van der Waals surface area (Å²) < 4.78 is 15.4. The molecule has 2 aromatic carbocycles. The summed E-state index contributed by atoms with van der Waals surface area (Å²) in [5, 5.41) is 2.59. The fraction of sp³-hybridized carbons (Fsp3) is 0.105. The molecule has 3 aromatic rings. The van der Waals surface area contributed by atoms with E-state index in [-0.39, 0.29) is 12.5 Å². The van der Waals surface area contributed by atoms with Gasteiger partial charge in [0.1, 0.15) is 0 Å². The lowest BCUT2D eigenvalue weighted by Crippen LogP contribution is -2.20. The van der Waals surface area contributed by atoms with Crippen molar-refractivity contribution in [1.29, 1.82) is 0 Å². The van der Waals surface area contributed by atoms with E-state index >= 15 is 0 Å². The normalized spacial score (nSPS) is 12.4. The summed E-state index contributed by atoms with van der Waals surface area (Å²) in [7, 11) is 0. The summed E-state index contributed by atoms with van der Waals surface area (Å²) in [5.41, 5.74) is 2.07. The van der Waals surface area contributed by atoms with Crippen LogP contribution >= 0.6 is 0 Å². The zero-order chi connectivity index (χ0) is 19.5. The Bertz CT molecular complexity index is 1140. The number of amides is 1. The Morgan fingerprint density at radius 2 is 1.89 bits per heavy atom. The molecular formula is C19H15N3O6. The first-order valence-electron chi connectivity index (χ1n) is 8.33. The molecule has 0 spiro atoms. The summed E-state index contributed by atoms with van der Waals surface area (Å²) >= 11 is 0. The second kappa shape index (κ2) is 7.31. The van der Waals surface area contributed by atoms with Crippen LogP contribution < -0.4 is 20.5 Å². The fourth-order valence-electron chi connectivity index (χ4n) is 2.67. The molecule has 1 aromatic heterocycles. The second-order valence-electron chi connectivity index (χ2n) is 5.94. The molecular weight excluding hydrogens is 366 g/mol. The molecule has 28 heavy (non-hydrogen) atoms. The van der Waals surface area contributed by atoms with E-state index in [1.165, 1.54) is 6.08 Å². The van der Waals surface area contributed by atoms with Crippen molar-refractivity contribution in [3.05, 3.63) is 58.5 Å². The molecule has 3 N–H and O–H groups in total. The summed E-state index contributed by atoms with van der Waals surface area (Å²) in [6.07, 6.45) is 2.78. The highest BCUT2D eigenvalue weighted by molar-refractivity contribution is 5.96. The van der Waals surface area contributed by atoms with E-state index in [2.05, 4.69) is 15.3 Å². The van der Waals surface area contributed by atoms with Gasteiger partial charge < -0.3 is 29.5 Å². The Labute approximate surface area is 157 Å². The number of fused-ring (bicyclic) bond motifs is 2. The highest BCUT2D eigenvalue weighted by Crippen LogP contribution is 2.32. The van der Waals surface area contributed by atoms with E-state index in [9.17, 15) is 14.4 Å². The second-order valence-corrected chi connectivity index (χ2v) is 5.94. The van der Waals surface area contributed by atoms with Crippen LogP contribution in [0.25, 0.3) is 17.1 Å². The van der Waals surface area contributed by atoms with Gasteiger partial charge in [0, 0.05) is 11.8 Å². The SMILES string of the molecule is O=C(COC(=O)/C=C/c1ccc2c(c1)OCO2)Nc1ccc2[nH]c(=O)[nH]c2c1. The Morgan fingerprint density at radius 1 is 1.07 bits per heavy atom. The number of benzene rings is 2. The van der Waals surface area contributed by atoms with E-state index in [1.54, 1.807) is 42.5 Å². The number of esters is 1. The van der Waals surface area contributed by atoms with Crippen molar-refractivity contribution in [2.75, 3.05) is 18.7 Å². The van der Waals surface area contributed by atoms with E-state index < -0.39 is 18.5 Å². The summed E-state index contributed by atoms with van der Waals surface area (Å²) in [5.74, 6) is 0.106. The zero-order valence-corrected chi connectivity index (χ0v) is 14.5. The maximum atomic E-state index is 11.9. The molecule has 2 heterocycles. The molecule has 0 fully saturated rings. The number of carbonyl (C=O) groups is 2. The molecule has 0 unspecified atom stereocenters. The first kappa shape index (κ1) is 17.4. The molecule has 0 radical (unpaired) electrons. The minimum atomic E-state index is -0.654. The molecule has 4 rings (SSSR count). The third-order valence-corrected chi connectivity index (χ3v) is 3.95. The Balaban J connectivity index is 1.30. The van der Waals surface area contributed by atoms with Crippen LogP contribution in [0.2, 0.25) is 0 Å². The predicted octanol–water partition coefficient (Wildman–Crippen LogP) is 1.78. The maximum Gasteiger partial charge on any atom is 0.331 e. The van der Waals surface area contributed by atoms with Crippen molar-refractivity contribution in [3.63, 3.8) is 0 Å². The van der Waals surface area contributed by atoms with Crippen molar-refractivity contribution in [1.82, 2.24) is 9.97 Å². The highest BCUT2D eigenvalue weighted by atomic mass is 16.7.